The highest BCUT2D eigenvalue weighted by Crippen LogP contribution is 2.31. The van der Waals surface area contributed by atoms with Crippen molar-refractivity contribution in [3.05, 3.63) is 210 Å². The van der Waals surface area contributed by atoms with Crippen molar-refractivity contribution in [2.75, 3.05) is 14.1 Å². The fourth-order valence-corrected chi connectivity index (χ4v) is 5.45. The number of pyridine rings is 1. The molecule has 7 rings (SSSR count). The van der Waals surface area contributed by atoms with Crippen LogP contribution in [0.4, 0.5) is 0 Å². The second-order valence-corrected chi connectivity index (χ2v) is 13.1. The van der Waals surface area contributed by atoms with Crippen LogP contribution in [0.25, 0.3) is 22.5 Å². The van der Waals surface area contributed by atoms with Crippen LogP contribution in [-0.4, -0.2) is 35.5 Å². The number of nitrogens with zero attached hydrogens (tertiary/aromatic N) is 2. The Morgan fingerprint density at radius 2 is 1.04 bits per heavy atom. The van der Waals surface area contributed by atoms with Crippen molar-refractivity contribution < 1.29 is 19.1 Å². The smallest absolute Gasteiger partial charge is 0.187 e. The number of hydrogen-bond acceptors (Lipinski definition) is 6. The maximum absolute atomic E-state index is 12.2. The van der Waals surface area contributed by atoms with Crippen LogP contribution in [0.2, 0.25) is 0 Å². The summed E-state index contributed by atoms with van der Waals surface area (Å²) < 4.78 is 11.7. The van der Waals surface area contributed by atoms with E-state index in [1.165, 1.54) is 5.56 Å². The SMILES string of the molecule is CC(=O)c1ccccc1.Cc1ccc(Oc2ccccc2)cc1-c1cccc(-c2ccccc2)n1.Cc1ccc(Oc2ccccc2)cc1C(=O)/C=C/N(C)C. The fourth-order valence-electron chi connectivity index (χ4n) is 5.45. The molecule has 6 heteroatoms. The lowest BCUT2D eigenvalue weighted by molar-refractivity contribution is 0.101. The second kappa shape index (κ2) is 20.4. The van der Waals surface area contributed by atoms with E-state index in [4.69, 9.17) is 14.5 Å². The molecule has 0 aliphatic carbocycles. The molecule has 0 saturated carbocycles. The molecule has 0 saturated heterocycles. The van der Waals surface area contributed by atoms with E-state index >= 15 is 0 Å². The molecule has 0 bridgehead atoms. The first-order valence-corrected chi connectivity index (χ1v) is 18.3. The lowest BCUT2D eigenvalue weighted by Crippen LogP contribution is -2.04. The third-order valence-corrected chi connectivity index (χ3v) is 8.44. The predicted molar refractivity (Wildman–Crippen MR) is 228 cm³/mol. The van der Waals surface area contributed by atoms with Crippen molar-refractivity contribution >= 4 is 11.6 Å². The maximum atomic E-state index is 12.2. The van der Waals surface area contributed by atoms with Crippen molar-refractivity contribution in [2.24, 2.45) is 0 Å². The molecule has 56 heavy (non-hydrogen) atoms. The van der Waals surface area contributed by atoms with Crippen LogP contribution in [0.15, 0.2) is 188 Å². The van der Waals surface area contributed by atoms with Crippen LogP contribution in [0.5, 0.6) is 23.0 Å². The maximum Gasteiger partial charge on any atom is 0.187 e. The van der Waals surface area contributed by atoms with Crippen LogP contribution in [0.3, 0.4) is 0 Å². The zero-order valence-electron chi connectivity index (χ0n) is 32.4. The molecule has 0 spiro atoms. The number of aryl methyl sites for hydroxylation is 2. The molecule has 7 aromatic rings. The highest BCUT2D eigenvalue weighted by molar-refractivity contribution is 6.05. The zero-order valence-corrected chi connectivity index (χ0v) is 32.4. The average Bonchev–Trinajstić information content (AvgIpc) is 3.23. The largest absolute Gasteiger partial charge is 0.457 e. The minimum Gasteiger partial charge on any atom is -0.457 e. The quantitative estimate of drug-likeness (QED) is 0.103. The van der Waals surface area contributed by atoms with Gasteiger partial charge in [-0.15, -0.1) is 0 Å². The second-order valence-electron chi connectivity index (χ2n) is 13.1. The first-order valence-electron chi connectivity index (χ1n) is 18.3. The number of Topliss-reactive ketones (excluding diaryl/α,β-unsaturated/α-hetero) is 1. The number of ether oxygens (including phenoxy) is 2. The standard InChI is InChI=1S/C24H19NO.C18H19NO2.C8H8O/c1-18-15-16-21(26-20-11-6-3-7-12-20)17-22(18)24-14-8-13-23(25-24)19-9-4-2-5-10-19;1-14-9-10-16(21-15-7-5-4-6-8-15)13-17(14)18(20)11-12-19(2)3;1-7(9)8-5-3-2-4-6-8/h2-17H,1H3;4-13H,1-3H3;2-6H,1H3/b;12-11+;. The van der Waals surface area contributed by atoms with Gasteiger partial charge in [-0.3, -0.25) is 9.59 Å². The number of ketones is 2. The number of rotatable bonds is 10. The van der Waals surface area contributed by atoms with Gasteiger partial charge in [-0.25, -0.2) is 4.98 Å². The van der Waals surface area contributed by atoms with Crippen LogP contribution in [0.1, 0.15) is 38.8 Å². The van der Waals surface area contributed by atoms with E-state index in [9.17, 15) is 9.59 Å². The van der Waals surface area contributed by atoms with E-state index in [0.717, 1.165) is 50.9 Å². The van der Waals surface area contributed by atoms with Crippen molar-refractivity contribution in [2.45, 2.75) is 20.8 Å². The van der Waals surface area contributed by atoms with E-state index < -0.39 is 0 Å². The van der Waals surface area contributed by atoms with E-state index in [1.54, 1.807) is 25.3 Å². The Morgan fingerprint density at radius 3 is 1.57 bits per heavy atom. The molecule has 0 radical (unpaired) electrons. The highest BCUT2D eigenvalue weighted by Gasteiger charge is 2.10. The van der Waals surface area contributed by atoms with Gasteiger partial charge in [0.25, 0.3) is 0 Å². The van der Waals surface area contributed by atoms with Crippen LogP contribution in [0, 0.1) is 13.8 Å². The molecule has 0 atom stereocenters. The van der Waals surface area contributed by atoms with Gasteiger partial charge in [-0.1, -0.05) is 115 Å². The Kier molecular flexibility index (Phi) is 14.6. The van der Waals surface area contributed by atoms with Gasteiger partial charge in [0.1, 0.15) is 23.0 Å². The molecule has 280 valence electrons. The summed E-state index contributed by atoms with van der Waals surface area (Å²) in [4.78, 5) is 29.5. The molecule has 0 aliphatic rings. The number of aromatic nitrogens is 1. The topological polar surface area (TPSA) is 68.7 Å². The monoisotopic (exact) mass is 738 g/mol. The summed E-state index contributed by atoms with van der Waals surface area (Å²) in [5, 5.41) is 0. The van der Waals surface area contributed by atoms with Gasteiger partial charge in [-0.2, -0.15) is 0 Å². The molecule has 0 N–H and O–H groups in total. The number of allylic oxidation sites excluding steroid dienone is 1. The Bertz CT molecular complexity index is 2340. The summed E-state index contributed by atoms with van der Waals surface area (Å²) in [5.41, 5.74) is 7.64. The van der Waals surface area contributed by atoms with Gasteiger partial charge in [-0.05, 0) is 92.6 Å². The van der Waals surface area contributed by atoms with E-state index in [0.29, 0.717) is 11.3 Å². The van der Waals surface area contributed by atoms with Crippen molar-refractivity contribution in [3.63, 3.8) is 0 Å². The number of benzene rings is 6. The lowest BCUT2D eigenvalue weighted by atomic mass is 10.0. The first kappa shape index (κ1) is 40.1. The summed E-state index contributed by atoms with van der Waals surface area (Å²) in [6.45, 7) is 5.58. The Morgan fingerprint density at radius 1 is 0.536 bits per heavy atom. The van der Waals surface area contributed by atoms with Gasteiger partial charge in [0.05, 0.1) is 11.4 Å². The molecule has 1 aromatic heterocycles. The van der Waals surface area contributed by atoms with Crippen LogP contribution >= 0.6 is 0 Å². The minimum atomic E-state index is -0.0280. The Labute approximate surface area is 330 Å². The number of carbonyl (C=O) groups is 2. The normalized spacial score (nSPS) is 10.3. The molecule has 6 aromatic carbocycles. The van der Waals surface area contributed by atoms with Gasteiger partial charge in [0.15, 0.2) is 11.6 Å². The third-order valence-electron chi connectivity index (χ3n) is 8.44. The van der Waals surface area contributed by atoms with Crippen molar-refractivity contribution in [1.29, 1.82) is 0 Å². The van der Waals surface area contributed by atoms with Crippen molar-refractivity contribution in [1.82, 2.24) is 9.88 Å². The highest BCUT2D eigenvalue weighted by atomic mass is 16.5. The van der Waals surface area contributed by atoms with E-state index in [2.05, 4.69) is 37.3 Å². The predicted octanol–water partition coefficient (Wildman–Crippen LogP) is 12.5. The van der Waals surface area contributed by atoms with Gasteiger partial charge >= 0.3 is 0 Å². The van der Waals surface area contributed by atoms with Crippen molar-refractivity contribution in [3.8, 4) is 45.5 Å². The average molecular weight is 739 g/mol. The molecule has 0 amide bonds. The summed E-state index contributed by atoms with van der Waals surface area (Å²) in [7, 11) is 3.76. The third kappa shape index (κ3) is 12.3. The molecule has 0 unspecified atom stereocenters. The fraction of sp³-hybridized carbons (Fsp3) is 0.100. The van der Waals surface area contributed by atoms with E-state index in [-0.39, 0.29) is 11.6 Å². The van der Waals surface area contributed by atoms with Gasteiger partial charge in [0.2, 0.25) is 0 Å². The summed E-state index contributed by atoms with van der Waals surface area (Å²) >= 11 is 0. The summed E-state index contributed by atoms with van der Waals surface area (Å²) in [6, 6.07) is 56.6. The summed E-state index contributed by atoms with van der Waals surface area (Å²) in [6.07, 6.45) is 3.31. The minimum absolute atomic E-state index is 0.0280. The van der Waals surface area contributed by atoms with E-state index in [1.807, 2.05) is 165 Å². The molecule has 1 heterocycles. The van der Waals surface area contributed by atoms with Crippen LogP contribution in [-0.2, 0) is 0 Å². The van der Waals surface area contributed by atoms with Gasteiger partial charge < -0.3 is 14.4 Å². The summed E-state index contributed by atoms with van der Waals surface area (Å²) in [5.74, 6) is 3.14. The zero-order chi connectivity index (χ0) is 39.7. The van der Waals surface area contributed by atoms with Gasteiger partial charge in [0, 0.05) is 48.6 Å². The molecule has 0 aliphatic heterocycles. The van der Waals surface area contributed by atoms with Crippen LogP contribution < -0.4 is 9.47 Å². The molecular weight excluding hydrogens is 693 g/mol. The number of para-hydroxylation sites is 2. The molecular formula is C50H46N2O4. The Hall–Kier alpha value is -7.05. The Balaban J connectivity index is 0.000000179. The number of hydrogen-bond donors (Lipinski definition) is 0. The first-order chi connectivity index (χ1) is 27.2. The number of carbonyl (C=O) groups excluding carboxylic acids is 2. The lowest BCUT2D eigenvalue weighted by Gasteiger charge is -2.11. The molecule has 0 fully saturated rings. The molecule has 6 nitrogen and oxygen atoms in total.